The number of hydrogen-bond acceptors (Lipinski definition) is 3. The fourth-order valence-electron chi connectivity index (χ4n) is 1.87. The Morgan fingerprint density at radius 2 is 2.00 bits per heavy atom. The Morgan fingerprint density at radius 3 is 2.61 bits per heavy atom. The molecule has 18 heavy (non-hydrogen) atoms. The molecule has 3 nitrogen and oxygen atoms in total. The topological polar surface area (TPSA) is 46.2 Å². The summed E-state index contributed by atoms with van der Waals surface area (Å²) >= 11 is 0. The summed E-state index contributed by atoms with van der Waals surface area (Å²) in [7, 11) is -3.12. The van der Waals surface area contributed by atoms with E-state index in [2.05, 4.69) is 19.2 Å². The van der Waals surface area contributed by atoms with Crippen LogP contribution in [0.3, 0.4) is 0 Å². The molecule has 0 aliphatic carbocycles. The van der Waals surface area contributed by atoms with Gasteiger partial charge in [0.2, 0.25) is 0 Å². The first-order valence-corrected chi connectivity index (χ1v) is 8.39. The van der Waals surface area contributed by atoms with Crippen molar-refractivity contribution in [2.24, 2.45) is 0 Å². The number of hydrogen-bond donors (Lipinski definition) is 1. The van der Waals surface area contributed by atoms with Crippen molar-refractivity contribution < 1.29 is 8.42 Å². The first-order chi connectivity index (χ1) is 8.43. The van der Waals surface area contributed by atoms with Crippen LogP contribution in [0, 0.1) is 0 Å². The maximum Gasteiger partial charge on any atom is 0.175 e. The monoisotopic (exact) mass is 269 g/mol. The van der Waals surface area contributed by atoms with Gasteiger partial charge in [-0.1, -0.05) is 32.3 Å². The fourth-order valence-corrected chi connectivity index (χ4v) is 2.54. The molecule has 0 fully saturated rings. The second-order valence-corrected chi connectivity index (χ2v) is 6.86. The van der Waals surface area contributed by atoms with Crippen LogP contribution in [0.4, 0.5) is 5.69 Å². The lowest BCUT2D eigenvalue weighted by Gasteiger charge is -2.15. The van der Waals surface area contributed by atoms with Crippen LogP contribution in [0.2, 0.25) is 0 Å². The number of benzene rings is 1. The summed E-state index contributed by atoms with van der Waals surface area (Å²) in [6, 6.07) is 7.38. The van der Waals surface area contributed by atoms with Gasteiger partial charge in [-0.15, -0.1) is 0 Å². The predicted octanol–water partition coefficient (Wildman–Crippen LogP) is 3.47. The summed E-state index contributed by atoms with van der Waals surface area (Å²) < 4.78 is 22.9. The number of unbranched alkanes of at least 4 members (excludes halogenated alkanes) is 2. The van der Waals surface area contributed by atoms with Gasteiger partial charge in [-0.2, -0.15) is 0 Å². The summed E-state index contributed by atoms with van der Waals surface area (Å²) in [6.45, 7) is 4.32. The van der Waals surface area contributed by atoms with Crippen LogP contribution in [0.25, 0.3) is 0 Å². The summed E-state index contributed by atoms with van der Waals surface area (Å²) in [4.78, 5) is 0.369. The fraction of sp³-hybridized carbons (Fsp3) is 0.571. The molecular weight excluding hydrogens is 246 g/mol. The van der Waals surface area contributed by atoms with Crippen molar-refractivity contribution in [3.8, 4) is 0 Å². The maximum atomic E-state index is 11.5. The van der Waals surface area contributed by atoms with Gasteiger partial charge in [-0.25, -0.2) is 8.42 Å². The van der Waals surface area contributed by atoms with Crippen molar-refractivity contribution in [1.82, 2.24) is 0 Å². The Kier molecular flexibility index (Phi) is 5.66. The van der Waals surface area contributed by atoms with Gasteiger partial charge < -0.3 is 5.32 Å². The van der Waals surface area contributed by atoms with Gasteiger partial charge in [0, 0.05) is 18.0 Å². The van der Waals surface area contributed by atoms with Crippen LogP contribution in [0.5, 0.6) is 0 Å². The van der Waals surface area contributed by atoms with Gasteiger partial charge in [0.05, 0.1) is 4.90 Å². The van der Waals surface area contributed by atoms with Gasteiger partial charge in [0.15, 0.2) is 9.84 Å². The Labute approximate surface area is 111 Å². The molecule has 4 heteroatoms. The highest BCUT2D eigenvalue weighted by atomic mass is 32.2. The molecule has 0 bridgehead atoms. The lowest BCUT2D eigenvalue weighted by molar-refractivity contribution is 0.601. The highest BCUT2D eigenvalue weighted by Gasteiger charge is 2.08. The second kappa shape index (κ2) is 6.78. The molecule has 1 aromatic rings. The molecule has 1 atom stereocenters. The molecular formula is C14H23NO2S. The van der Waals surface area contributed by atoms with Crippen LogP contribution in [-0.4, -0.2) is 20.7 Å². The van der Waals surface area contributed by atoms with Gasteiger partial charge in [0.1, 0.15) is 0 Å². The zero-order chi connectivity index (χ0) is 13.6. The molecule has 0 aliphatic rings. The molecule has 0 radical (unpaired) electrons. The van der Waals surface area contributed by atoms with E-state index in [0.717, 1.165) is 12.1 Å². The van der Waals surface area contributed by atoms with Crippen molar-refractivity contribution in [1.29, 1.82) is 0 Å². The Balaban J connectivity index is 2.62. The van der Waals surface area contributed by atoms with E-state index in [1.165, 1.54) is 25.5 Å². The van der Waals surface area contributed by atoms with Crippen LogP contribution >= 0.6 is 0 Å². The van der Waals surface area contributed by atoms with Crippen molar-refractivity contribution in [2.45, 2.75) is 50.5 Å². The molecule has 1 unspecified atom stereocenters. The third-order valence-electron chi connectivity index (χ3n) is 2.92. The molecule has 102 valence electrons. The molecule has 1 aromatic carbocycles. The van der Waals surface area contributed by atoms with E-state index < -0.39 is 9.84 Å². The lowest BCUT2D eigenvalue weighted by Crippen LogP contribution is -2.15. The summed E-state index contributed by atoms with van der Waals surface area (Å²) in [6.07, 6.45) is 6.01. The normalized spacial score (nSPS) is 13.3. The SMILES string of the molecule is CCCCCC(C)Nc1cccc(S(C)(=O)=O)c1. The van der Waals surface area contributed by atoms with Gasteiger partial charge in [0.25, 0.3) is 0 Å². The second-order valence-electron chi connectivity index (χ2n) is 4.84. The molecule has 0 saturated carbocycles. The summed E-state index contributed by atoms with van der Waals surface area (Å²) in [5.74, 6) is 0. The highest BCUT2D eigenvalue weighted by molar-refractivity contribution is 7.90. The van der Waals surface area contributed by atoms with Crippen molar-refractivity contribution in [3.05, 3.63) is 24.3 Å². The third-order valence-corrected chi connectivity index (χ3v) is 4.03. The predicted molar refractivity (Wildman–Crippen MR) is 76.8 cm³/mol. The average Bonchev–Trinajstić information content (AvgIpc) is 2.28. The number of sulfone groups is 1. The average molecular weight is 269 g/mol. The van der Waals surface area contributed by atoms with E-state index >= 15 is 0 Å². The van der Waals surface area contributed by atoms with Gasteiger partial charge in [-0.3, -0.25) is 0 Å². The Bertz CT molecular complexity index is 468. The third kappa shape index (κ3) is 5.08. The Morgan fingerprint density at radius 1 is 1.28 bits per heavy atom. The minimum atomic E-state index is -3.12. The summed E-state index contributed by atoms with van der Waals surface area (Å²) in [5.41, 5.74) is 0.877. The number of nitrogens with one attached hydrogen (secondary N) is 1. The van der Waals surface area contributed by atoms with Crippen LogP contribution in [0.15, 0.2) is 29.2 Å². The van der Waals surface area contributed by atoms with E-state index in [1.54, 1.807) is 18.2 Å². The lowest BCUT2D eigenvalue weighted by atomic mass is 10.1. The quantitative estimate of drug-likeness (QED) is 0.771. The molecule has 0 heterocycles. The van der Waals surface area contributed by atoms with Gasteiger partial charge in [-0.05, 0) is 31.5 Å². The largest absolute Gasteiger partial charge is 0.383 e. The zero-order valence-corrected chi connectivity index (χ0v) is 12.3. The van der Waals surface area contributed by atoms with Crippen LogP contribution in [0.1, 0.15) is 39.5 Å². The molecule has 0 aromatic heterocycles. The number of anilines is 1. The maximum absolute atomic E-state index is 11.5. The van der Waals surface area contributed by atoms with E-state index in [-0.39, 0.29) is 0 Å². The molecule has 1 rings (SSSR count). The van der Waals surface area contributed by atoms with Crippen molar-refractivity contribution >= 4 is 15.5 Å². The molecule has 0 spiro atoms. The first-order valence-electron chi connectivity index (χ1n) is 6.50. The molecule has 0 amide bonds. The molecule has 0 saturated heterocycles. The molecule has 1 N–H and O–H groups in total. The van der Waals surface area contributed by atoms with Crippen LogP contribution in [-0.2, 0) is 9.84 Å². The Hall–Kier alpha value is -1.03. The van der Waals surface area contributed by atoms with E-state index in [0.29, 0.717) is 10.9 Å². The summed E-state index contributed by atoms with van der Waals surface area (Å²) in [5, 5.41) is 3.35. The van der Waals surface area contributed by atoms with Gasteiger partial charge >= 0.3 is 0 Å². The van der Waals surface area contributed by atoms with E-state index in [1.807, 2.05) is 6.07 Å². The standard InChI is InChI=1S/C14H23NO2S/c1-4-5-6-8-12(2)15-13-9-7-10-14(11-13)18(3,16)17/h7,9-12,15H,4-6,8H2,1-3H3. The minimum Gasteiger partial charge on any atom is -0.383 e. The van der Waals surface area contributed by atoms with E-state index in [9.17, 15) is 8.42 Å². The van der Waals surface area contributed by atoms with Crippen LogP contribution < -0.4 is 5.32 Å². The highest BCUT2D eigenvalue weighted by Crippen LogP contribution is 2.17. The minimum absolute atomic E-state index is 0.367. The molecule has 0 aliphatic heterocycles. The van der Waals surface area contributed by atoms with E-state index in [4.69, 9.17) is 0 Å². The van der Waals surface area contributed by atoms with Crippen molar-refractivity contribution in [3.63, 3.8) is 0 Å². The smallest absolute Gasteiger partial charge is 0.175 e. The zero-order valence-electron chi connectivity index (χ0n) is 11.4. The number of rotatable bonds is 7. The first kappa shape index (κ1) is 15.0. The van der Waals surface area contributed by atoms with Crippen molar-refractivity contribution in [2.75, 3.05) is 11.6 Å².